The van der Waals surface area contributed by atoms with Gasteiger partial charge in [-0.1, -0.05) is 43.3 Å². The number of methoxy groups -OCH3 is 2. The van der Waals surface area contributed by atoms with Crippen LogP contribution in [0.4, 0.5) is 0 Å². The van der Waals surface area contributed by atoms with Gasteiger partial charge in [0.05, 0.1) is 20.1 Å². The first-order chi connectivity index (χ1) is 13.6. The largest absolute Gasteiger partial charge is 0.469 e. The molecule has 0 unspecified atom stereocenters. The Morgan fingerprint density at radius 3 is 2.61 bits per heavy atom. The van der Waals surface area contributed by atoms with Crippen LogP contribution in [0.1, 0.15) is 31.7 Å². The Morgan fingerprint density at radius 1 is 1.21 bits per heavy atom. The second-order valence-corrected chi connectivity index (χ2v) is 7.56. The lowest BCUT2D eigenvalue weighted by molar-refractivity contribution is -0.149. The normalized spacial score (nSPS) is 27.9. The highest BCUT2D eigenvalue weighted by Gasteiger charge is 2.55. The molecule has 1 aromatic rings. The first kappa shape index (κ1) is 20.6. The van der Waals surface area contributed by atoms with Gasteiger partial charge in [0, 0.05) is 19.1 Å². The number of nitrogens with zero attached hydrogens (tertiary/aromatic N) is 1. The summed E-state index contributed by atoms with van der Waals surface area (Å²) in [5.74, 6) is -1.12. The molecule has 1 saturated heterocycles. The topological polar surface area (TPSA) is 67.9 Å². The molecule has 0 saturated carbocycles. The molecule has 1 N–H and O–H groups in total. The SMILES string of the molecule is CCCN1CCC=C([C@@H]2N[C@@](C(=O)OC)(c3ccccc3)C[C@@H]2C(=O)OC)C1. The molecule has 6 heteroatoms. The van der Waals surface area contributed by atoms with E-state index in [1.807, 2.05) is 30.3 Å². The number of rotatable bonds is 6. The fourth-order valence-corrected chi connectivity index (χ4v) is 4.52. The van der Waals surface area contributed by atoms with Crippen molar-refractivity contribution in [3.63, 3.8) is 0 Å². The van der Waals surface area contributed by atoms with Gasteiger partial charge in [0.25, 0.3) is 0 Å². The third kappa shape index (κ3) is 3.84. The maximum atomic E-state index is 12.9. The predicted molar refractivity (Wildman–Crippen MR) is 107 cm³/mol. The summed E-state index contributed by atoms with van der Waals surface area (Å²) in [6.07, 6.45) is 4.55. The molecule has 1 fully saturated rings. The van der Waals surface area contributed by atoms with Crippen molar-refractivity contribution in [2.45, 2.75) is 37.8 Å². The van der Waals surface area contributed by atoms with Crippen molar-refractivity contribution in [2.24, 2.45) is 5.92 Å². The van der Waals surface area contributed by atoms with Crippen LogP contribution in [0.15, 0.2) is 42.0 Å². The van der Waals surface area contributed by atoms with E-state index in [1.165, 1.54) is 14.2 Å². The highest BCUT2D eigenvalue weighted by atomic mass is 16.5. The van der Waals surface area contributed by atoms with Crippen LogP contribution in [0.5, 0.6) is 0 Å². The van der Waals surface area contributed by atoms with Crippen molar-refractivity contribution in [1.29, 1.82) is 0 Å². The van der Waals surface area contributed by atoms with Gasteiger partial charge in [-0.2, -0.15) is 0 Å². The Morgan fingerprint density at radius 2 is 1.96 bits per heavy atom. The molecule has 0 amide bonds. The average molecular weight is 386 g/mol. The quantitative estimate of drug-likeness (QED) is 0.597. The monoisotopic (exact) mass is 386 g/mol. The Kier molecular flexibility index (Phi) is 6.52. The molecular formula is C22H30N2O4. The molecule has 152 valence electrons. The van der Waals surface area contributed by atoms with Crippen LogP contribution in [0.2, 0.25) is 0 Å². The summed E-state index contributed by atoms with van der Waals surface area (Å²) in [4.78, 5) is 28.0. The highest BCUT2D eigenvalue weighted by Crippen LogP contribution is 2.41. The number of benzene rings is 1. The highest BCUT2D eigenvalue weighted by molar-refractivity contribution is 5.86. The van der Waals surface area contributed by atoms with E-state index in [2.05, 4.69) is 23.2 Å². The van der Waals surface area contributed by atoms with Gasteiger partial charge in [0.2, 0.25) is 0 Å². The first-order valence-electron chi connectivity index (χ1n) is 9.96. The zero-order valence-electron chi connectivity index (χ0n) is 16.9. The Labute approximate surface area is 166 Å². The van der Waals surface area contributed by atoms with Crippen LogP contribution in [-0.2, 0) is 24.6 Å². The number of ether oxygens (including phenoxy) is 2. The summed E-state index contributed by atoms with van der Waals surface area (Å²) >= 11 is 0. The van der Waals surface area contributed by atoms with Crippen molar-refractivity contribution in [3.05, 3.63) is 47.5 Å². The van der Waals surface area contributed by atoms with E-state index in [9.17, 15) is 9.59 Å². The Balaban J connectivity index is 1.98. The molecule has 6 nitrogen and oxygen atoms in total. The van der Waals surface area contributed by atoms with E-state index in [0.29, 0.717) is 6.42 Å². The van der Waals surface area contributed by atoms with Crippen LogP contribution in [-0.4, -0.2) is 56.7 Å². The summed E-state index contributed by atoms with van der Waals surface area (Å²) in [5, 5.41) is 3.50. The van der Waals surface area contributed by atoms with Crippen LogP contribution >= 0.6 is 0 Å². The predicted octanol–water partition coefficient (Wildman–Crippen LogP) is 2.25. The maximum Gasteiger partial charge on any atom is 0.330 e. The van der Waals surface area contributed by atoms with Gasteiger partial charge < -0.3 is 9.47 Å². The minimum Gasteiger partial charge on any atom is -0.469 e. The molecule has 0 aliphatic carbocycles. The van der Waals surface area contributed by atoms with Crippen molar-refractivity contribution in [2.75, 3.05) is 33.9 Å². The van der Waals surface area contributed by atoms with E-state index >= 15 is 0 Å². The van der Waals surface area contributed by atoms with Crippen LogP contribution in [0.3, 0.4) is 0 Å². The summed E-state index contributed by atoms with van der Waals surface area (Å²) in [7, 11) is 2.79. The van der Waals surface area contributed by atoms with E-state index in [0.717, 1.165) is 43.6 Å². The number of nitrogens with one attached hydrogen (secondary N) is 1. The van der Waals surface area contributed by atoms with Crippen molar-refractivity contribution in [1.82, 2.24) is 10.2 Å². The van der Waals surface area contributed by atoms with E-state index in [-0.39, 0.29) is 18.0 Å². The van der Waals surface area contributed by atoms with Crippen LogP contribution in [0, 0.1) is 5.92 Å². The second kappa shape index (κ2) is 8.88. The lowest BCUT2D eigenvalue weighted by atomic mass is 9.84. The van der Waals surface area contributed by atoms with Crippen LogP contribution < -0.4 is 5.32 Å². The lowest BCUT2D eigenvalue weighted by Crippen LogP contribution is -2.49. The molecule has 0 radical (unpaired) electrons. The molecule has 2 heterocycles. The molecule has 28 heavy (non-hydrogen) atoms. The van der Waals surface area contributed by atoms with Gasteiger partial charge in [-0.05, 0) is 36.9 Å². The van der Waals surface area contributed by atoms with Crippen molar-refractivity contribution < 1.29 is 19.1 Å². The molecule has 0 spiro atoms. The van der Waals surface area contributed by atoms with Gasteiger partial charge in [0.1, 0.15) is 5.54 Å². The molecule has 1 aromatic carbocycles. The molecule has 3 rings (SSSR count). The van der Waals surface area contributed by atoms with Gasteiger partial charge in [0.15, 0.2) is 0 Å². The van der Waals surface area contributed by atoms with Crippen molar-refractivity contribution in [3.8, 4) is 0 Å². The van der Waals surface area contributed by atoms with E-state index in [1.54, 1.807) is 0 Å². The summed E-state index contributed by atoms with van der Waals surface area (Å²) in [5.41, 5.74) is 0.893. The standard InChI is InChI=1S/C22H30N2O4/c1-4-12-24-13-8-9-16(15-24)19-18(20(25)27-2)14-22(23-19,21(26)28-3)17-10-6-5-7-11-17/h5-7,9-11,18-19,23H,4,8,12-15H2,1-3H3/t18-,19-,22+/m0/s1. The number of esters is 2. The number of carbonyl (C=O) groups excluding carboxylic acids is 2. The second-order valence-electron chi connectivity index (χ2n) is 7.56. The molecular weight excluding hydrogens is 356 g/mol. The van der Waals surface area contributed by atoms with Crippen LogP contribution in [0.25, 0.3) is 0 Å². The average Bonchev–Trinajstić information content (AvgIpc) is 3.16. The molecule has 0 aromatic heterocycles. The Hall–Kier alpha value is -2.18. The number of carbonyl (C=O) groups is 2. The summed E-state index contributed by atoms with van der Waals surface area (Å²) in [6.45, 7) is 5.01. The number of hydrogen-bond donors (Lipinski definition) is 1. The third-order valence-corrected chi connectivity index (χ3v) is 5.83. The van der Waals surface area contributed by atoms with Gasteiger partial charge in [-0.25, -0.2) is 4.79 Å². The fourth-order valence-electron chi connectivity index (χ4n) is 4.52. The van der Waals surface area contributed by atoms with Gasteiger partial charge in [-0.15, -0.1) is 0 Å². The van der Waals surface area contributed by atoms with Gasteiger partial charge >= 0.3 is 11.9 Å². The van der Waals surface area contributed by atoms with E-state index < -0.39 is 11.5 Å². The molecule has 0 bridgehead atoms. The third-order valence-electron chi connectivity index (χ3n) is 5.83. The molecule has 3 atom stereocenters. The Bertz CT molecular complexity index is 733. The summed E-state index contributed by atoms with van der Waals surface area (Å²) < 4.78 is 10.3. The van der Waals surface area contributed by atoms with E-state index in [4.69, 9.17) is 9.47 Å². The first-order valence-corrected chi connectivity index (χ1v) is 9.96. The number of hydrogen-bond acceptors (Lipinski definition) is 6. The summed E-state index contributed by atoms with van der Waals surface area (Å²) in [6, 6.07) is 9.24. The smallest absolute Gasteiger partial charge is 0.330 e. The lowest BCUT2D eigenvalue weighted by Gasteiger charge is -2.32. The fraction of sp³-hybridized carbons (Fsp3) is 0.545. The molecule has 2 aliphatic rings. The zero-order chi connectivity index (χ0) is 20.1. The van der Waals surface area contributed by atoms with Crippen molar-refractivity contribution >= 4 is 11.9 Å². The molecule has 2 aliphatic heterocycles. The minimum atomic E-state index is -1.06. The maximum absolute atomic E-state index is 12.9. The minimum absolute atomic E-state index is 0.258. The zero-order valence-corrected chi connectivity index (χ0v) is 16.9. The van der Waals surface area contributed by atoms with Gasteiger partial charge in [-0.3, -0.25) is 15.0 Å².